The fourth-order valence-electron chi connectivity index (χ4n) is 1.80. The summed E-state index contributed by atoms with van der Waals surface area (Å²) in [6.45, 7) is 6.80. The highest BCUT2D eigenvalue weighted by Crippen LogP contribution is 2.11. The van der Waals surface area contributed by atoms with Gasteiger partial charge in [-0.15, -0.1) is 0 Å². The number of ether oxygens (including phenoxy) is 2. The Bertz CT molecular complexity index is 365. The van der Waals surface area contributed by atoms with E-state index in [1.807, 2.05) is 19.9 Å². The Morgan fingerprint density at radius 2 is 2.41 bits per heavy atom. The quantitative estimate of drug-likeness (QED) is 0.841. The maximum absolute atomic E-state index is 5.70. The molecule has 0 amide bonds. The van der Waals surface area contributed by atoms with Crippen LogP contribution in [-0.4, -0.2) is 35.8 Å². The zero-order valence-corrected chi connectivity index (χ0v) is 10.4. The molecular weight excluding hydrogens is 218 g/mol. The molecule has 2 rings (SSSR count). The first kappa shape index (κ1) is 12.3. The van der Waals surface area contributed by atoms with E-state index < -0.39 is 0 Å². The van der Waals surface area contributed by atoms with E-state index in [1.165, 1.54) is 0 Å². The normalized spacial score (nSPS) is 19.5. The average Bonchev–Trinajstić information content (AvgIpc) is 2.79. The first-order valence-corrected chi connectivity index (χ1v) is 6.05. The molecule has 1 atom stereocenters. The number of aromatic nitrogens is 2. The van der Waals surface area contributed by atoms with E-state index in [4.69, 9.17) is 9.47 Å². The van der Waals surface area contributed by atoms with Crippen molar-refractivity contribution in [2.75, 3.05) is 25.1 Å². The summed E-state index contributed by atoms with van der Waals surface area (Å²) in [5, 5.41) is 3.19. The molecule has 1 aliphatic rings. The van der Waals surface area contributed by atoms with Crippen LogP contribution < -0.4 is 5.32 Å². The zero-order valence-electron chi connectivity index (χ0n) is 10.4. The molecule has 0 aromatic carbocycles. The van der Waals surface area contributed by atoms with Crippen molar-refractivity contribution in [1.82, 2.24) is 9.97 Å². The second-order valence-electron chi connectivity index (χ2n) is 4.14. The minimum atomic E-state index is 0.196. The van der Waals surface area contributed by atoms with Gasteiger partial charge in [-0.25, -0.2) is 9.97 Å². The van der Waals surface area contributed by atoms with E-state index in [1.54, 1.807) is 0 Å². The molecule has 17 heavy (non-hydrogen) atoms. The fourth-order valence-corrected chi connectivity index (χ4v) is 1.80. The lowest BCUT2D eigenvalue weighted by Gasteiger charge is -2.10. The van der Waals surface area contributed by atoms with E-state index >= 15 is 0 Å². The fraction of sp³-hybridized carbons (Fsp3) is 0.667. The minimum Gasteiger partial charge on any atom is -0.379 e. The summed E-state index contributed by atoms with van der Waals surface area (Å²) in [4.78, 5) is 8.76. The van der Waals surface area contributed by atoms with Gasteiger partial charge in [-0.2, -0.15) is 0 Å². The van der Waals surface area contributed by atoms with Crippen molar-refractivity contribution in [3.8, 4) is 0 Å². The SMILES string of the molecule is CCNc1cc(C)nc(COC2CCOC2)n1. The van der Waals surface area contributed by atoms with Crippen molar-refractivity contribution >= 4 is 5.82 Å². The number of hydrogen-bond donors (Lipinski definition) is 1. The van der Waals surface area contributed by atoms with Gasteiger partial charge in [0.25, 0.3) is 0 Å². The second kappa shape index (κ2) is 5.93. The predicted octanol–water partition coefficient (Wildman–Crippen LogP) is 1.52. The lowest BCUT2D eigenvalue weighted by Crippen LogP contribution is -2.14. The van der Waals surface area contributed by atoms with Crippen LogP contribution in [0.2, 0.25) is 0 Å². The number of hydrogen-bond acceptors (Lipinski definition) is 5. The van der Waals surface area contributed by atoms with Crippen LogP contribution in [0.15, 0.2) is 6.07 Å². The van der Waals surface area contributed by atoms with E-state index in [-0.39, 0.29) is 6.10 Å². The maximum Gasteiger partial charge on any atom is 0.156 e. The molecule has 1 saturated heterocycles. The molecule has 0 radical (unpaired) electrons. The maximum atomic E-state index is 5.70. The first-order chi connectivity index (χ1) is 8.28. The number of nitrogens with one attached hydrogen (secondary N) is 1. The van der Waals surface area contributed by atoms with Gasteiger partial charge in [0.15, 0.2) is 5.82 Å². The summed E-state index contributed by atoms with van der Waals surface area (Å²) in [5.41, 5.74) is 0.956. The van der Waals surface area contributed by atoms with Gasteiger partial charge < -0.3 is 14.8 Å². The third kappa shape index (κ3) is 3.64. The second-order valence-corrected chi connectivity index (χ2v) is 4.14. The number of nitrogens with zero attached hydrogens (tertiary/aromatic N) is 2. The van der Waals surface area contributed by atoms with Crippen LogP contribution in [0.5, 0.6) is 0 Å². The van der Waals surface area contributed by atoms with E-state index in [2.05, 4.69) is 15.3 Å². The van der Waals surface area contributed by atoms with Crippen LogP contribution >= 0.6 is 0 Å². The van der Waals surface area contributed by atoms with Gasteiger partial charge in [-0.3, -0.25) is 0 Å². The molecule has 1 aromatic heterocycles. The van der Waals surface area contributed by atoms with Crippen LogP contribution in [0.25, 0.3) is 0 Å². The smallest absolute Gasteiger partial charge is 0.156 e. The van der Waals surface area contributed by atoms with Gasteiger partial charge in [0, 0.05) is 24.9 Å². The van der Waals surface area contributed by atoms with Crippen molar-refractivity contribution in [1.29, 1.82) is 0 Å². The highest BCUT2D eigenvalue weighted by atomic mass is 16.5. The number of aryl methyl sites for hydroxylation is 1. The molecule has 94 valence electrons. The zero-order chi connectivity index (χ0) is 12.1. The van der Waals surface area contributed by atoms with Gasteiger partial charge in [-0.05, 0) is 20.3 Å². The van der Waals surface area contributed by atoms with E-state index in [0.29, 0.717) is 13.2 Å². The largest absolute Gasteiger partial charge is 0.379 e. The Morgan fingerprint density at radius 3 is 3.12 bits per heavy atom. The highest BCUT2D eigenvalue weighted by molar-refractivity contribution is 5.35. The van der Waals surface area contributed by atoms with Gasteiger partial charge in [0.2, 0.25) is 0 Å². The summed E-state index contributed by atoms with van der Waals surface area (Å²) >= 11 is 0. The molecule has 0 aliphatic carbocycles. The lowest BCUT2D eigenvalue weighted by molar-refractivity contribution is 0.0284. The van der Waals surface area contributed by atoms with E-state index in [9.17, 15) is 0 Å². The molecule has 1 unspecified atom stereocenters. The van der Waals surface area contributed by atoms with Crippen LogP contribution in [0.4, 0.5) is 5.82 Å². The molecule has 0 saturated carbocycles. The molecule has 0 spiro atoms. The molecule has 1 fully saturated rings. The van der Waals surface area contributed by atoms with Crippen molar-refractivity contribution in [3.05, 3.63) is 17.6 Å². The molecular formula is C12H19N3O2. The van der Waals surface area contributed by atoms with Crippen LogP contribution in [0, 0.1) is 6.92 Å². The van der Waals surface area contributed by atoms with Crippen molar-refractivity contribution in [3.63, 3.8) is 0 Å². The van der Waals surface area contributed by atoms with Crippen LogP contribution in [0.1, 0.15) is 24.9 Å². The van der Waals surface area contributed by atoms with Gasteiger partial charge in [0.1, 0.15) is 12.4 Å². The monoisotopic (exact) mass is 237 g/mol. The topological polar surface area (TPSA) is 56.3 Å². The molecule has 1 aromatic rings. The molecule has 1 N–H and O–H groups in total. The highest BCUT2D eigenvalue weighted by Gasteiger charge is 2.16. The summed E-state index contributed by atoms with van der Waals surface area (Å²) in [5.74, 6) is 1.59. The van der Waals surface area contributed by atoms with Crippen LogP contribution in [0.3, 0.4) is 0 Å². The Morgan fingerprint density at radius 1 is 1.53 bits per heavy atom. The van der Waals surface area contributed by atoms with Gasteiger partial charge in [0.05, 0.1) is 12.7 Å². The molecule has 1 aliphatic heterocycles. The summed E-state index contributed by atoms with van der Waals surface area (Å²) in [6, 6.07) is 1.94. The summed E-state index contributed by atoms with van der Waals surface area (Å²) in [6.07, 6.45) is 1.16. The van der Waals surface area contributed by atoms with Gasteiger partial charge >= 0.3 is 0 Å². The van der Waals surface area contributed by atoms with Crippen molar-refractivity contribution < 1.29 is 9.47 Å². The Balaban J connectivity index is 1.94. The number of anilines is 1. The third-order valence-electron chi connectivity index (χ3n) is 2.59. The van der Waals surface area contributed by atoms with Gasteiger partial charge in [-0.1, -0.05) is 0 Å². The predicted molar refractivity (Wildman–Crippen MR) is 64.9 cm³/mol. The standard InChI is InChI=1S/C12H19N3O2/c1-3-13-11-6-9(2)14-12(15-11)8-17-10-4-5-16-7-10/h6,10H,3-5,7-8H2,1-2H3,(H,13,14,15). The Kier molecular flexibility index (Phi) is 4.28. The molecule has 5 heteroatoms. The number of rotatable bonds is 5. The van der Waals surface area contributed by atoms with Crippen molar-refractivity contribution in [2.45, 2.75) is 33.0 Å². The lowest BCUT2D eigenvalue weighted by atomic mass is 10.3. The average molecular weight is 237 g/mol. The molecule has 5 nitrogen and oxygen atoms in total. The first-order valence-electron chi connectivity index (χ1n) is 6.05. The minimum absolute atomic E-state index is 0.196. The summed E-state index contributed by atoms with van der Waals surface area (Å²) < 4.78 is 11.0. The van der Waals surface area contributed by atoms with Crippen LogP contribution in [-0.2, 0) is 16.1 Å². The Hall–Kier alpha value is -1.20. The molecule has 0 bridgehead atoms. The summed E-state index contributed by atoms with van der Waals surface area (Å²) in [7, 11) is 0. The Labute approximate surface area is 102 Å². The van der Waals surface area contributed by atoms with E-state index in [0.717, 1.165) is 36.9 Å². The van der Waals surface area contributed by atoms with Crippen molar-refractivity contribution in [2.24, 2.45) is 0 Å². The molecule has 2 heterocycles. The third-order valence-corrected chi connectivity index (χ3v) is 2.59.